The van der Waals surface area contributed by atoms with Crippen LogP contribution in [0.15, 0.2) is 10.6 Å². The van der Waals surface area contributed by atoms with Crippen molar-refractivity contribution in [2.45, 2.75) is 88.3 Å². The van der Waals surface area contributed by atoms with Gasteiger partial charge in [0.15, 0.2) is 17.3 Å². The fourth-order valence-corrected chi connectivity index (χ4v) is 9.29. The highest BCUT2D eigenvalue weighted by molar-refractivity contribution is 7.16. The van der Waals surface area contributed by atoms with E-state index in [4.69, 9.17) is 25.0 Å². The molecule has 228 valence electrons. The van der Waals surface area contributed by atoms with Gasteiger partial charge in [0.25, 0.3) is 0 Å². The molecule has 4 aliphatic rings. The number of nitrogens with zero attached hydrogens (tertiary/aromatic N) is 7. The second kappa shape index (κ2) is 11.1. The molecule has 7 rings (SSSR count). The fourth-order valence-electron chi connectivity index (χ4n) is 8.13. The predicted molar refractivity (Wildman–Crippen MR) is 168 cm³/mol. The lowest BCUT2D eigenvalue weighted by molar-refractivity contribution is 0.117. The Labute approximate surface area is 257 Å². The van der Waals surface area contributed by atoms with Crippen molar-refractivity contribution in [3.63, 3.8) is 0 Å². The Morgan fingerprint density at radius 1 is 1.19 bits per heavy atom. The van der Waals surface area contributed by atoms with Crippen molar-refractivity contribution < 1.29 is 9.26 Å². The standard InChI is InChI=1S/C32H42N8O2S/c1-19(23-9-7-14-39(23)4)41-26-16-25(40-15-11-20(18-40)38(2)3)35-31(36-26)28-21-8-5-12-32(29(21)42-37-28)13-6-10-24-27(32)22(17-33)30(34)43-24/h16,19-20,23H,5-15,18,34H2,1-4H3/t19-,20-,23-,32-/m0/s1. The number of thiophene rings is 1. The fraction of sp³-hybridized carbons (Fsp3) is 0.625. The van der Waals surface area contributed by atoms with Gasteiger partial charge >= 0.3 is 0 Å². The molecule has 0 amide bonds. The maximum Gasteiger partial charge on any atom is 0.219 e. The minimum Gasteiger partial charge on any atom is -0.473 e. The molecule has 0 saturated carbocycles. The van der Waals surface area contributed by atoms with Gasteiger partial charge in [-0.05, 0) is 98.0 Å². The topological polar surface area (TPSA) is 121 Å². The van der Waals surface area contributed by atoms with Gasteiger partial charge in [-0.1, -0.05) is 5.16 Å². The summed E-state index contributed by atoms with van der Waals surface area (Å²) in [7, 11) is 6.45. The predicted octanol–water partition coefficient (Wildman–Crippen LogP) is 4.61. The molecular weight excluding hydrogens is 560 g/mol. The summed E-state index contributed by atoms with van der Waals surface area (Å²) in [4.78, 5) is 18.3. The van der Waals surface area contributed by atoms with E-state index in [9.17, 15) is 5.26 Å². The van der Waals surface area contributed by atoms with Gasteiger partial charge in [-0.2, -0.15) is 10.2 Å². The van der Waals surface area contributed by atoms with Crippen LogP contribution in [0.25, 0.3) is 11.5 Å². The first-order chi connectivity index (χ1) is 20.8. The van der Waals surface area contributed by atoms with Gasteiger partial charge in [0.1, 0.15) is 23.0 Å². The molecule has 5 heterocycles. The number of aryl methyl sites for hydroxylation is 1. The zero-order valence-electron chi connectivity index (χ0n) is 25.7. The van der Waals surface area contributed by atoms with Crippen LogP contribution in [-0.2, 0) is 18.3 Å². The molecule has 0 unspecified atom stereocenters. The molecule has 2 fully saturated rings. The Morgan fingerprint density at radius 3 is 2.72 bits per heavy atom. The average molecular weight is 603 g/mol. The van der Waals surface area contributed by atoms with Gasteiger partial charge in [0, 0.05) is 41.7 Å². The van der Waals surface area contributed by atoms with E-state index in [0.29, 0.717) is 40.0 Å². The van der Waals surface area contributed by atoms with Gasteiger partial charge in [0.2, 0.25) is 5.88 Å². The number of likely N-dealkylation sites (N-methyl/N-ethyl adjacent to an activating group) is 2. The molecule has 0 radical (unpaired) electrons. The third kappa shape index (κ3) is 4.78. The molecule has 3 aromatic heterocycles. The molecule has 43 heavy (non-hydrogen) atoms. The Bertz CT molecular complexity index is 1560. The molecule has 3 aromatic rings. The van der Waals surface area contributed by atoms with E-state index in [1.807, 2.05) is 6.07 Å². The monoisotopic (exact) mass is 602 g/mol. The number of anilines is 2. The summed E-state index contributed by atoms with van der Waals surface area (Å²) in [5.74, 6) is 2.88. The SMILES string of the molecule is C[C@H](Oc1cc(N2CC[C@H](N(C)C)C2)nc(-c2noc3c2CCC[C@@]32CCCc3sc(N)c(C#N)c32)n1)[C@@H]1CCCN1C. The number of aromatic nitrogens is 3. The van der Waals surface area contributed by atoms with Crippen molar-refractivity contribution >= 4 is 22.2 Å². The zero-order chi connectivity index (χ0) is 29.9. The van der Waals surface area contributed by atoms with Crippen LogP contribution in [-0.4, -0.2) is 83.9 Å². The average Bonchev–Trinajstić information content (AvgIpc) is 3.78. The highest BCUT2D eigenvalue weighted by Crippen LogP contribution is 2.55. The molecule has 2 aliphatic carbocycles. The molecule has 4 atom stereocenters. The number of rotatable bonds is 6. The molecule has 0 bridgehead atoms. The Kier molecular flexibility index (Phi) is 7.35. The number of fused-ring (bicyclic) bond motifs is 4. The number of hydrogen-bond acceptors (Lipinski definition) is 11. The van der Waals surface area contributed by atoms with Crippen LogP contribution in [0.4, 0.5) is 10.8 Å². The van der Waals surface area contributed by atoms with Crippen LogP contribution < -0.4 is 15.4 Å². The van der Waals surface area contributed by atoms with Crippen LogP contribution in [0.3, 0.4) is 0 Å². The van der Waals surface area contributed by atoms with Gasteiger partial charge in [-0.3, -0.25) is 4.90 Å². The first kappa shape index (κ1) is 28.6. The molecular formula is C32H42N8O2S. The second-order valence-corrected chi connectivity index (χ2v) is 14.3. The first-order valence-corrected chi connectivity index (χ1v) is 16.6. The summed E-state index contributed by atoms with van der Waals surface area (Å²) in [5.41, 5.74) is 9.44. The molecule has 2 saturated heterocycles. The van der Waals surface area contributed by atoms with E-state index in [-0.39, 0.29) is 11.5 Å². The quantitative estimate of drug-likeness (QED) is 0.428. The summed E-state index contributed by atoms with van der Waals surface area (Å²) in [6.07, 6.45) is 9.05. The molecule has 10 nitrogen and oxygen atoms in total. The number of nitrogens with two attached hydrogens (primary N) is 1. The first-order valence-electron chi connectivity index (χ1n) is 15.8. The van der Waals surface area contributed by atoms with E-state index in [2.05, 4.69) is 54.0 Å². The van der Waals surface area contributed by atoms with Crippen molar-refractivity contribution in [1.29, 1.82) is 5.26 Å². The van der Waals surface area contributed by atoms with E-state index in [1.54, 1.807) is 11.3 Å². The van der Waals surface area contributed by atoms with Crippen LogP contribution >= 0.6 is 11.3 Å². The molecule has 11 heteroatoms. The van der Waals surface area contributed by atoms with Crippen molar-refractivity contribution in [2.75, 3.05) is 51.4 Å². The highest BCUT2D eigenvalue weighted by atomic mass is 32.1. The summed E-state index contributed by atoms with van der Waals surface area (Å²) in [6.45, 7) is 5.08. The highest BCUT2D eigenvalue weighted by Gasteiger charge is 2.49. The molecule has 2 N–H and O–H groups in total. The molecule has 2 aliphatic heterocycles. The van der Waals surface area contributed by atoms with Crippen molar-refractivity contribution in [1.82, 2.24) is 24.9 Å². The molecule has 0 aromatic carbocycles. The van der Waals surface area contributed by atoms with Crippen LogP contribution in [0.5, 0.6) is 5.88 Å². The van der Waals surface area contributed by atoms with Gasteiger partial charge in [0.05, 0.1) is 11.0 Å². The Balaban J connectivity index is 1.30. The lowest BCUT2D eigenvalue weighted by Crippen LogP contribution is -2.38. The summed E-state index contributed by atoms with van der Waals surface area (Å²) >= 11 is 1.56. The van der Waals surface area contributed by atoms with E-state index in [1.165, 1.54) is 11.3 Å². The third-order valence-corrected chi connectivity index (χ3v) is 11.5. The Hall–Kier alpha value is -3.20. The van der Waals surface area contributed by atoms with Crippen LogP contribution in [0.1, 0.15) is 79.2 Å². The maximum absolute atomic E-state index is 10.1. The Morgan fingerprint density at radius 2 is 2.00 bits per heavy atom. The molecule has 1 spiro atoms. The number of likely N-dealkylation sites (tertiary alicyclic amines) is 1. The zero-order valence-corrected chi connectivity index (χ0v) is 26.5. The minimum absolute atomic E-state index is 0.000179. The number of hydrogen-bond donors (Lipinski definition) is 1. The van der Waals surface area contributed by atoms with Crippen molar-refractivity contribution in [3.8, 4) is 23.5 Å². The number of nitrogen functional groups attached to an aromatic ring is 1. The minimum atomic E-state index is -0.377. The lowest BCUT2D eigenvalue weighted by atomic mass is 9.63. The smallest absolute Gasteiger partial charge is 0.219 e. The van der Waals surface area contributed by atoms with E-state index in [0.717, 1.165) is 93.7 Å². The van der Waals surface area contributed by atoms with Crippen LogP contribution in [0, 0.1) is 11.3 Å². The van der Waals surface area contributed by atoms with E-state index < -0.39 is 0 Å². The number of ether oxygens (including phenoxy) is 1. The van der Waals surface area contributed by atoms with Gasteiger partial charge in [-0.15, -0.1) is 11.3 Å². The van der Waals surface area contributed by atoms with E-state index >= 15 is 0 Å². The largest absolute Gasteiger partial charge is 0.473 e. The normalized spacial score (nSPS) is 26.1. The van der Waals surface area contributed by atoms with Crippen LogP contribution in [0.2, 0.25) is 0 Å². The summed E-state index contributed by atoms with van der Waals surface area (Å²) in [5, 5.41) is 15.4. The summed E-state index contributed by atoms with van der Waals surface area (Å²) in [6, 6.07) is 5.25. The maximum atomic E-state index is 10.1. The lowest BCUT2D eigenvalue weighted by Gasteiger charge is -2.39. The van der Waals surface area contributed by atoms with Crippen molar-refractivity contribution in [2.24, 2.45) is 0 Å². The van der Waals surface area contributed by atoms with Crippen molar-refractivity contribution in [3.05, 3.63) is 33.4 Å². The second-order valence-electron chi connectivity index (χ2n) is 13.1. The van der Waals surface area contributed by atoms with Gasteiger partial charge in [-0.25, -0.2) is 4.98 Å². The summed E-state index contributed by atoms with van der Waals surface area (Å²) < 4.78 is 12.9. The number of nitriles is 1. The third-order valence-electron chi connectivity index (χ3n) is 10.4. The van der Waals surface area contributed by atoms with Gasteiger partial charge < -0.3 is 24.8 Å².